The van der Waals surface area contributed by atoms with E-state index in [1.165, 1.54) is 5.56 Å². The predicted octanol–water partition coefficient (Wildman–Crippen LogP) is 2.48. The zero-order valence-electron chi connectivity index (χ0n) is 10.2. The number of carbonyl (C=O) groups excluding carboxylic acids is 1. The molecule has 0 spiro atoms. The Hall–Kier alpha value is -1.15. The van der Waals surface area contributed by atoms with Gasteiger partial charge in [-0.1, -0.05) is 31.2 Å². The largest absolute Gasteiger partial charge is 0.330 e. The standard InChI is InChI=1S/C14H21NO/c1-11-6-3-4-8-13(11)10-14(16)12(2)7-5-9-15/h3-4,6,8,12H,5,7,9-10,15H2,1-2H3. The molecule has 0 aliphatic heterocycles. The third-order valence-corrected chi connectivity index (χ3v) is 3.02. The Bertz CT molecular complexity index is 346. The molecule has 16 heavy (non-hydrogen) atoms. The van der Waals surface area contributed by atoms with E-state index in [9.17, 15) is 4.79 Å². The van der Waals surface area contributed by atoms with Crippen molar-refractivity contribution >= 4 is 5.78 Å². The zero-order valence-corrected chi connectivity index (χ0v) is 10.2. The maximum atomic E-state index is 11.9. The van der Waals surface area contributed by atoms with Gasteiger partial charge in [0.2, 0.25) is 0 Å². The molecule has 88 valence electrons. The van der Waals surface area contributed by atoms with E-state index in [4.69, 9.17) is 5.73 Å². The maximum Gasteiger partial charge on any atom is 0.140 e. The Morgan fingerprint density at radius 1 is 1.38 bits per heavy atom. The lowest BCUT2D eigenvalue weighted by molar-refractivity contribution is -0.121. The molecule has 0 saturated heterocycles. The van der Waals surface area contributed by atoms with Crippen LogP contribution < -0.4 is 5.73 Å². The van der Waals surface area contributed by atoms with E-state index in [1.54, 1.807) is 0 Å². The average molecular weight is 219 g/mol. The van der Waals surface area contributed by atoms with Gasteiger partial charge in [-0.25, -0.2) is 0 Å². The molecular weight excluding hydrogens is 198 g/mol. The summed E-state index contributed by atoms with van der Waals surface area (Å²) in [6, 6.07) is 8.07. The highest BCUT2D eigenvalue weighted by Gasteiger charge is 2.13. The van der Waals surface area contributed by atoms with Gasteiger partial charge in [-0.05, 0) is 37.4 Å². The third-order valence-electron chi connectivity index (χ3n) is 3.02. The Morgan fingerprint density at radius 3 is 2.69 bits per heavy atom. The summed E-state index contributed by atoms with van der Waals surface area (Å²) in [6.45, 7) is 4.71. The van der Waals surface area contributed by atoms with Crippen LogP contribution in [0.3, 0.4) is 0 Å². The van der Waals surface area contributed by atoms with Gasteiger partial charge in [0.1, 0.15) is 5.78 Å². The van der Waals surface area contributed by atoms with E-state index < -0.39 is 0 Å². The van der Waals surface area contributed by atoms with Crippen LogP contribution in [0, 0.1) is 12.8 Å². The molecule has 1 atom stereocenters. The second-order valence-corrected chi connectivity index (χ2v) is 4.40. The topological polar surface area (TPSA) is 43.1 Å². The van der Waals surface area contributed by atoms with Crippen molar-refractivity contribution in [2.45, 2.75) is 33.1 Å². The number of rotatable bonds is 6. The zero-order chi connectivity index (χ0) is 12.0. The van der Waals surface area contributed by atoms with Crippen molar-refractivity contribution in [2.75, 3.05) is 6.54 Å². The van der Waals surface area contributed by atoms with E-state index in [-0.39, 0.29) is 5.92 Å². The molecular formula is C14H21NO. The van der Waals surface area contributed by atoms with Gasteiger partial charge in [0, 0.05) is 12.3 Å². The highest BCUT2D eigenvalue weighted by atomic mass is 16.1. The summed E-state index contributed by atoms with van der Waals surface area (Å²) in [5.74, 6) is 0.450. The van der Waals surface area contributed by atoms with Crippen LogP contribution in [0.25, 0.3) is 0 Å². The molecule has 0 saturated carbocycles. The van der Waals surface area contributed by atoms with Crippen molar-refractivity contribution in [2.24, 2.45) is 11.7 Å². The first-order chi connectivity index (χ1) is 7.65. The average Bonchev–Trinajstić information content (AvgIpc) is 2.28. The first-order valence-corrected chi connectivity index (χ1v) is 5.92. The predicted molar refractivity (Wildman–Crippen MR) is 67.3 cm³/mol. The number of carbonyl (C=O) groups is 1. The summed E-state index contributed by atoms with van der Waals surface area (Å²) in [4.78, 5) is 11.9. The molecule has 0 aromatic heterocycles. The van der Waals surface area contributed by atoms with Gasteiger partial charge < -0.3 is 5.73 Å². The number of Topliss-reactive ketones (excluding diaryl/α,β-unsaturated/α-hetero) is 1. The van der Waals surface area contributed by atoms with Crippen LogP contribution in [-0.4, -0.2) is 12.3 Å². The van der Waals surface area contributed by atoms with Crippen LogP contribution in [0.5, 0.6) is 0 Å². The molecule has 2 nitrogen and oxygen atoms in total. The SMILES string of the molecule is Cc1ccccc1CC(=O)C(C)CCCN. The molecule has 0 heterocycles. The number of hydrogen-bond donors (Lipinski definition) is 1. The fraction of sp³-hybridized carbons (Fsp3) is 0.500. The quantitative estimate of drug-likeness (QED) is 0.798. The molecule has 0 fully saturated rings. The van der Waals surface area contributed by atoms with Crippen LogP contribution in [0.15, 0.2) is 24.3 Å². The number of aryl methyl sites for hydroxylation is 1. The van der Waals surface area contributed by atoms with E-state index >= 15 is 0 Å². The summed E-state index contributed by atoms with van der Waals surface area (Å²) in [5, 5.41) is 0. The van der Waals surface area contributed by atoms with Crippen LogP contribution in [0.2, 0.25) is 0 Å². The molecule has 0 aliphatic rings. The van der Waals surface area contributed by atoms with Crippen molar-refractivity contribution in [1.29, 1.82) is 0 Å². The summed E-state index contributed by atoms with van der Waals surface area (Å²) in [6.07, 6.45) is 2.39. The van der Waals surface area contributed by atoms with Gasteiger partial charge in [-0.15, -0.1) is 0 Å². The normalized spacial score (nSPS) is 12.4. The second-order valence-electron chi connectivity index (χ2n) is 4.40. The maximum absolute atomic E-state index is 11.9. The van der Waals surface area contributed by atoms with Crippen LogP contribution in [-0.2, 0) is 11.2 Å². The molecule has 1 aromatic carbocycles. The minimum absolute atomic E-state index is 0.128. The minimum atomic E-state index is 0.128. The Kier molecular flexibility index (Phi) is 5.20. The number of benzene rings is 1. The molecule has 2 heteroatoms. The number of nitrogens with two attached hydrogens (primary N) is 1. The van der Waals surface area contributed by atoms with Gasteiger partial charge >= 0.3 is 0 Å². The van der Waals surface area contributed by atoms with Crippen molar-refractivity contribution in [3.05, 3.63) is 35.4 Å². The first-order valence-electron chi connectivity index (χ1n) is 5.92. The van der Waals surface area contributed by atoms with Crippen LogP contribution in [0.1, 0.15) is 30.9 Å². The van der Waals surface area contributed by atoms with E-state index in [0.29, 0.717) is 18.7 Å². The molecule has 1 aromatic rings. The summed E-state index contributed by atoms with van der Waals surface area (Å²) in [7, 11) is 0. The molecule has 0 bridgehead atoms. The second kappa shape index (κ2) is 6.44. The Morgan fingerprint density at radius 2 is 2.06 bits per heavy atom. The van der Waals surface area contributed by atoms with Crippen LogP contribution >= 0.6 is 0 Å². The van der Waals surface area contributed by atoms with E-state index in [0.717, 1.165) is 18.4 Å². The van der Waals surface area contributed by atoms with Gasteiger partial charge in [-0.2, -0.15) is 0 Å². The molecule has 1 unspecified atom stereocenters. The summed E-state index contributed by atoms with van der Waals surface area (Å²) in [5.41, 5.74) is 7.78. The highest BCUT2D eigenvalue weighted by Crippen LogP contribution is 2.13. The van der Waals surface area contributed by atoms with Crippen LogP contribution in [0.4, 0.5) is 0 Å². The third kappa shape index (κ3) is 3.78. The first kappa shape index (κ1) is 12.9. The lowest BCUT2D eigenvalue weighted by Gasteiger charge is -2.10. The van der Waals surface area contributed by atoms with E-state index in [2.05, 4.69) is 0 Å². The summed E-state index contributed by atoms with van der Waals surface area (Å²) < 4.78 is 0. The van der Waals surface area contributed by atoms with Gasteiger partial charge in [0.05, 0.1) is 0 Å². The van der Waals surface area contributed by atoms with Crippen molar-refractivity contribution in [3.8, 4) is 0 Å². The fourth-order valence-electron chi connectivity index (χ4n) is 1.76. The van der Waals surface area contributed by atoms with E-state index in [1.807, 2.05) is 38.1 Å². The lowest BCUT2D eigenvalue weighted by atomic mass is 9.94. The minimum Gasteiger partial charge on any atom is -0.330 e. The van der Waals surface area contributed by atoms with Gasteiger partial charge in [0.15, 0.2) is 0 Å². The molecule has 0 radical (unpaired) electrons. The molecule has 0 amide bonds. The Balaban J connectivity index is 2.54. The van der Waals surface area contributed by atoms with Crippen molar-refractivity contribution in [3.63, 3.8) is 0 Å². The molecule has 1 rings (SSSR count). The molecule has 2 N–H and O–H groups in total. The number of hydrogen-bond acceptors (Lipinski definition) is 2. The fourth-order valence-corrected chi connectivity index (χ4v) is 1.76. The smallest absolute Gasteiger partial charge is 0.140 e. The Labute approximate surface area is 97.9 Å². The van der Waals surface area contributed by atoms with Gasteiger partial charge in [0.25, 0.3) is 0 Å². The lowest BCUT2D eigenvalue weighted by Crippen LogP contribution is -2.15. The van der Waals surface area contributed by atoms with Crippen molar-refractivity contribution in [1.82, 2.24) is 0 Å². The summed E-state index contributed by atoms with van der Waals surface area (Å²) >= 11 is 0. The molecule has 0 aliphatic carbocycles. The van der Waals surface area contributed by atoms with Gasteiger partial charge in [-0.3, -0.25) is 4.79 Å². The highest BCUT2D eigenvalue weighted by molar-refractivity contribution is 5.83. The monoisotopic (exact) mass is 219 g/mol. The number of ketones is 1. The van der Waals surface area contributed by atoms with Crippen molar-refractivity contribution < 1.29 is 4.79 Å².